The van der Waals surface area contributed by atoms with Gasteiger partial charge in [-0.3, -0.25) is 9.48 Å². The zero-order valence-electron chi connectivity index (χ0n) is 12.3. The molecule has 2 aromatic rings. The lowest BCUT2D eigenvalue weighted by Crippen LogP contribution is -2.17. The van der Waals surface area contributed by atoms with E-state index in [1.165, 1.54) is 0 Å². The molecule has 0 aliphatic carbocycles. The van der Waals surface area contributed by atoms with E-state index in [1.54, 1.807) is 11.7 Å². The van der Waals surface area contributed by atoms with Crippen LogP contribution in [0.3, 0.4) is 0 Å². The second-order valence-electron chi connectivity index (χ2n) is 5.11. The predicted octanol–water partition coefficient (Wildman–Crippen LogP) is 2.06. The minimum atomic E-state index is -0.145. The minimum Gasteiger partial charge on any atom is -0.326 e. The first kappa shape index (κ1) is 14.3. The minimum absolute atomic E-state index is 0.145. The number of carbonyl (C=O) groups is 1. The molecule has 0 aliphatic rings. The highest BCUT2D eigenvalue weighted by Crippen LogP contribution is 2.19. The van der Waals surface area contributed by atoms with Crippen LogP contribution in [-0.4, -0.2) is 15.7 Å². The van der Waals surface area contributed by atoms with Crippen molar-refractivity contribution in [3.63, 3.8) is 0 Å². The van der Waals surface area contributed by atoms with Gasteiger partial charge in [0, 0.05) is 30.9 Å². The van der Waals surface area contributed by atoms with Crippen LogP contribution < -0.4 is 11.1 Å². The second-order valence-corrected chi connectivity index (χ2v) is 5.11. The lowest BCUT2D eigenvalue weighted by atomic mass is 9.99. The molecular weight excluding hydrogens is 252 g/mol. The Morgan fingerprint density at radius 1 is 1.30 bits per heavy atom. The lowest BCUT2D eigenvalue weighted by molar-refractivity contribution is 0.102. The maximum Gasteiger partial charge on any atom is 0.257 e. The zero-order valence-corrected chi connectivity index (χ0v) is 12.3. The molecule has 0 spiro atoms. The number of aryl methyl sites for hydroxylation is 4. The third-order valence-electron chi connectivity index (χ3n) is 3.26. The van der Waals surface area contributed by atoms with Crippen LogP contribution in [0.5, 0.6) is 0 Å². The van der Waals surface area contributed by atoms with Gasteiger partial charge in [-0.1, -0.05) is 17.7 Å². The van der Waals surface area contributed by atoms with E-state index in [-0.39, 0.29) is 5.91 Å². The van der Waals surface area contributed by atoms with Gasteiger partial charge in [0.25, 0.3) is 5.91 Å². The number of nitrogens with zero attached hydrogens (tertiary/aromatic N) is 2. The number of anilines is 1. The number of nitrogens with two attached hydrogens (primary N) is 1. The summed E-state index contributed by atoms with van der Waals surface area (Å²) in [5.74, 6) is 0.382. The predicted molar refractivity (Wildman–Crippen MR) is 79.7 cm³/mol. The summed E-state index contributed by atoms with van der Waals surface area (Å²) in [5, 5.41) is 7.08. The number of hydrogen-bond acceptors (Lipinski definition) is 3. The Balaban J connectivity index is 2.33. The number of aromatic nitrogens is 2. The second kappa shape index (κ2) is 5.46. The van der Waals surface area contributed by atoms with Crippen LogP contribution in [0.4, 0.5) is 5.82 Å². The SMILES string of the molecule is Cc1cc(C)c(C(=O)Nc2nn(C)cc2CN)c(C)c1. The van der Waals surface area contributed by atoms with Crippen molar-refractivity contribution in [2.24, 2.45) is 12.8 Å². The molecule has 0 unspecified atom stereocenters. The Labute approximate surface area is 118 Å². The summed E-state index contributed by atoms with van der Waals surface area (Å²) in [6.45, 7) is 6.25. The van der Waals surface area contributed by atoms with Gasteiger partial charge < -0.3 is 11.1 Å². The first-order valence-corrected chi connectivity index (χ1v) is 6.54. The summed E-state index contributed by atoms with van der Waals surface area (Å²) in [7, 11) is 1.80. The van der Waals surface area contributed by atoms with Crippen LogP contribution in [0, 0.1) is 20.8 Å². The Bertz CT molecular complexity index is 635. The molecule has 1 aromatic heterocycles. The molecule has 0 atom stereocenters. The molecule has 1 amide bonds. The van der Waals surface area contributed by atoms with E-state index in [0.29, 0.717) is 17.9 Å². The number of hydrogen-bond donors (Lipinski definition) is 2. The normalized spacial score (nSPS) is 10.7. The van der Waals surface area contributed by atoms with Crippen LogP contribution in [0.2, 0.25) is 0 Å². The van der Waals surface area contributed by atoms with Gasteiger partial charge >= 0.3 is 0 Å². The van der Waals surface area contributed by atoms with E-state index >= 15 is 0 Å². The summed E-state index contributed by atoms with van der Waals surface area (Å²) in [6, 6.07) is 4.01. The highest BCUT2D eigenvalue weighted by molar-refractivity contribution is 6.06. The van der Waals surface area contributed by atoms with Crippen LogP contribution in [0.1, 0.15) is 32.6 Å². The summed E-state index contributed by atoms with van der Waals surface area (Å²) < 4.78 is 1.65. The van der Waals surface area contributed by atoms with Crippen molar-refractivity contribution in [2.45, 2.75) is 27.3 Å². The summed E-state index contributed by atoms with van der Waals surface area (Å²) in [6.07, 6.45) is 1.81. The van der Waals surface area contributed by atoms with E-state index in [2.05, 4.69) is 10.4 Å². The van der Waals surface area contributed by atoms with Crippen molar-refractivity contribution in [3.8, 4) is 0 Å². The lowest BCUT2D eigenvalue weighted by Gasteiger charge is -2.11. The highest BCUT2D eigenvalue weighted by atomic mass is 16.1. The number of rotatable bonds is 3. The largest absolute Gasteiger partial charge is 0.326 e. The average Bonchev–Trinajstić information content (AvgIpc) is 2.67. The smallest absolute Gasteiger partial charge is 0.257 e. The Morgan fingerprint density at radius 2 is 1.90 bits per heavy atom. The van der Waals surface area contributed by atoms with Crippen molar-refractivity contribution in [1.29, 1.82) is 0 Å². The van der Waals surface area contributed by atoms with Crippen LogP contribution in [0.15, 0.2) is 18.3 Å². The highest BCUT2D eigenvalue weighted by Gasteiger charge is 2.16. The zero-order chi connectivity index (χ0) is 14.9. The van der Waals surface area contributed by atoms with Crippen LogP contribution >= 0.6 is 0 Å². The molecule has 2 rings (SSSR count). The molecule has 3 N–H and O–H groups in total. The number of carbonyl (C=O) groups excluding carboxylic acids is 1. The molecular formula is C15H20N4O. The Kier molecular flexibility index (Phi) is 3.90. The quantitative estimate of drug-likeness (QED) is 0.898. The molecule has 5 heteroatoms. The van der Waals surface area contributed by atoms with Gasteiger partial charge in [0.2, 0.25) is 0 Å². The maximum absolute atomic E-state index is 12.4. The van der Waals surface area contributed by atoms with Crippen molar-refractivity contribution in [1.82, 2.24) is 9.78 Å². The standard InChI is InChI=1S/C15H20N4O/c1-9-5-10(2)13(11(3)6-9)15(20)17-14-12(7-16)8-19(4)18-14/h5-6,8H,7,16H2,1-4H3,(H,17,18,20). The Morgan fingerprint density at radius 3 is 2.45 bits per heavy atom. The van der Waals surface area contributed by atoms with Crippen LogP contribution in [0.25, 0.3) is 0 Å². The van der Waals surface area contributed by atoms with Crippen molar-refractivity contribution in [2.75, 3.05) is 5.32 Å². The summed E-state index contributed by atoms with van der Waals surface area (Å²) in [5.41, 5.74) is 10.3. The van der Waals surface area contributed by atoms with E-state index in [4.69, 9.17) is 5.73 Å². The maximum atomic E-state index is 12.4. The molecule has 0 bridgehead atoms. The number of nitrogens with one attached hydrogen (secondary N) is 1. The van der Waals surface area contributed by atoms with E-state index in [0.717, 1.165) is 22.3 Å². The third kappa shape index (κ3) is 2.72. The van der Waals surface area contributed by atoms with Gasteiger partial charge in [-0.15, -0.1) is 0 Å². The van der Waals surface area contributed by atoms with Gasteiger partial charge in [-0.05, 0) is 31.9 Å². The van der Waals surface area contributed by atoms with Crippen molar-refractivity contribution >= 4 is 11.7 Å². The molecule has 1 aromatic carbocycles. The molecule has 0 saturated heterocycles. The number of amides is 1. The molecule has 0 aliphatic heterocycles. The fourth-order valence-electron chi connectivity index (χ4n) is 2.50. The first-order chi connectivity index (χ1) is 9.42. The van der Waals surface area contributed by atoms with E-state index < -0.39 is 0 Å². The van der Waals surface area contributed by atoms with Gasteiger partial charge in [-0.25, -0.2) is 0 Å². The van der Waals surface area contributed by atoms with Gasteiger partial charge in [0.05, 0.1) is 0 Å². The Hall–Kier alpha value is -2.14. The van der Waals surface area contributed by atoms with E-state index in [9.17, 15) is 4.79 Å². The van der Waals surface area contributed by atoms with Gasteiger partial charge in [0.1, 0.15) is 0 Å². The molecule has 106 valence electrons. The summed E-state index contributed by atoms with van der Waals surface area (Å²) in [4.78, 5) is 12.4. The van der Waals surface area contributed by atoms with Crippen molar-refractivity contribution in [3.05, 3.63) is 46.1 Å². The average molecular weight is 272 g/mol. The molecule has 0 radical (unpaired) electrons. The molecule has 0 fully saturated rings. The van der Waals surface area contributed by atoms with E-state index in [1.807, 2.05) is 39.1 Å². The fraction of sp³-hybridized carbons (Fsp3) is 0.333. The topological polar surface area (TPSA) is 72.9 Å². The van der Waals surface area contributed by atoms with Gasteiger partial charge in [0.15, 0.2) is 5.82 Å². The molecule has 1 heterocycles. The van der Waals surface area contributed by atoms with Crippen LogP contribution in [-0.2, 0) is 13.6 Å². The molecule has 20 heavy (non-hydrogen) atoms. The van der Waals surface area contributed by atoms with Crippen molar-refractivity contribution < 1.29 is 4.79 Å². The van der Waals surface area contributed by atoms with Gasteiger partial charge in [-0.2, -0.15) is 5.10 Å². The first-order valence-electron chi connectivity index (χ1n) is 6.54. The molecule has 5 nitrogen and oxygen atoms in total. The number of benzene rings is 1. The summed E-state index contributed by atoms with van der Waals surface area (Å²) >= 11 is 0. The molecule has 0 saturated carbocycles. The fourth-order valence-corrected chi connectivity index (χ4v) is 2.50. The monoisotopic (exact) mass is 272 g/mol. The third-order valence-corrected chi connectivity index (χ3v) is 3.26.